The molecule has 0 saturated carbocycles. The number of hydrogen-bond acceptors (Lipinski definition) is 5. The molecule has 1 aromatic heterocycles. The fourth-order valence-electron chi connectivity index (χ4n) is 3.02. The first kappa shape index (κ1) is 17.0. The van der Waals surface area contributed by atoms with E-state index in [0.29, 0.717) is 0 Å². The van der Waals surface area contributed by atoms with Crippen LogP contribution in [-0.4, -0.2) is 52.8 Å². The molecular formula is C17H21F2N3O2. The van der Waals surface area contributed by atoms with Crippen LogP contribution < -0.4 is 0 Å². The Hall–Kier alpha value is -1.83. The van der Waals surface area contributed by atoms with Crippen molar-refractivity contribution in [1.29, 1.82) is 0 Å². The highest BCUT2D eigenvalue weighted by molar-refractivity contribution is 5.22. The fraction of sp³-hybridized carbons (Fsp3) is 0.471. The van der Waals surface area contributed by atoms with Crippen molar-refractivity contribution in [3.63, 3.8) is 0 Å². The Morgan fingerprint density at radius 2 is 1.79 bits per heavy atom. The smallest absolute Gasteiger partial charge is 0.133 e. The molecule has 1 aliphatic heterocycles. The van der Waals surface area contributed by atoms with E-state index >= 15 is 0 Å². The second kappa shape index (κ2) is 7.38. The van der Waals surface area contributed by atoms with Gasteiger partial charge in [-0.1, -0.05) is 11.2 Å². The maximum Gasteiger partial charge on any atom is 0.133 e. The second-order valence-corrected chi connectivity index (χ2v) is 6.16. The van der Waals surface area contributed by atoms with E-state index in [1.165, 1.54) is 18.2 Å². The van der Waals surface area contributed by atoms with E-state index in [1.807, 2.05) is 17.9 Å². The van der Waals surface area contributed by atoms with Crippen LogP contribution in [0.1, 0.15) is 23.1 Å². The van der Waals surface area contributed by atoms with Crippen LogP contribution in [0, 0.1) is 18.6 Å². The summed E-state index contributed by atoms with van der Waals surface area (Å²) in [5.41, 5.74) is 0.646. The molecule has 7 heteroatoms. The lowest BCUT2D eigenvalue weighted by atomic mass is 10.1. The summed E-state index contributed by atoms with van der Waals surface area (Å²) in [4.78, 5) is 4.25. The average molecular weight is 337 g/mol. The predicted octanol–water partition coefficient (Wildman–Crippen LogP) is 2.11. The Kier molecular flexibility index (Phi) is 5.23. The molecule has 1 atom stereocenters. The summed E-state index contributed by atoms with van der Waals surface area (Å²) in [6, 6.07) is 5.54. The first-order valence-corrected chi connectivity index (χ1v) is 8.02. The van der Waals surface area contributed by atoms with E-state index < -0.39 is 17.7 Å². The number of aryl methyl sites for hydroxylation is 1. The van der Waals surface area contributed by atoms with E-state index in [9.17, 15) is 13.9 Å². The number of piperazine rings is 1. The molecule has 2 heterocycles. The Balaban J connectivity index is 1.52. The molecule has 3 rings (SSSR count). The molecule has 0 aliphatic carbocycles. The number of halogens is 2. The number of hydrogen-bond donors (Lipinski definition) is 1. The minimum atomic E-state index is -1.17. The molecule has 1 aliphatic rings. The molecule has 1 unspecified atom stereocenters. The highest BCUT2D eigenvalue weighted by atomic mass is 19.1. The normalized spacial score (nSPS) is 18.0. The summed E-state index contributed by atoms with van der Waals surface area (Å²) in [6.07, 6.45) is -1.17. The maximum atomic E-state index is 13.7. The van der Waals surface area contributed by atoms with E-state index in [2.05, 4.69) is 10.1 Å². The Labute approximate surface area is 139 Å². The van der Waals surface area contributed by atoms with Gasteiger partial charge in [-0.25, -0.2) is 8.78 Å². The molecular weight excluding hydrogens is 316 g/mol. The number of nitrogens with zero attached hydrogens (tertiary/aromatic N) is 3. The quantitative estimate of drug-likeness (QED) is 0.906. The number of aromatic nitrogens is 1. The van der Waals surface area contributed by atoms with Gasteiger partial charge < -0.3 is 9.63 Å². The maximum absolute atomic E-state index is 13.7. The molecule has 0 amide bonds. The van der Waals surface area contributed by atoms with E-state index in [0.717, 1.165) is 44.2 Å². The van der Waals surface area contributed by atoms with Gasteiger partial charge in [0.05, 0.1) is 17.4 Å². The third-order valence-electron chi connectivity index (χ3n) is 4.29. The number of rotatable bonds is 5. The summed E-state index contributed by atoms with van der Waals surface area (Å²) in [5.74, 6) is -0.622. The third kappa shape index (κ3) is 3.98. The molecule has 1 aromatic carbocycles. The lowest BCUT2D eigenvalue weighted by Crippen LogP contribution is -2.47. The minimum absolute atomic E-state index is 0.217. The Morgan fingerprint density at radius 1 is 1.17 bits per heavy atom. The zero-order valence-electron chi connectivity index (χ0n) is 13.6. The third-order valence-corrected chi connectivity index (χ3v) is 4.29. The monoisotopic (exact) mass is 337 g/mol. The van der Waals surface area contributed by atoms with E-state index in [1.54, 1.807) is 0 Å². The van der Waals surface area contributed by atoms with Crippen LogP contribution in [0.25, 0.3) is 0 Å². The standard InChI is InChI=1S/C17H21F2N3O2/c1-12-9-13(20-24-12)10-21-5-7-22(8-6-21)11-16(23)17-14(18)3-2-4-15(17)19/h2-4,9,16,23H,5-8,10-11H2,1H3. The van der Waals surface area contributed by atoms with Gasteiger partial charge in [0.25, 0.3) is 0 Å². The summed E-state index contributed by atoms with van der Waals surface area (Å²) in [6.45, 7) is 5.85. The molecule has 1 N–H and O–H groups in total. The van der Waals surface area contributed by atoms with Gasteiger partial charge in [0.2, 0.25) is 0 Å². The summed E-state index contributed by atoms with van der Waals surface area (Å²) in [7, 11) is 0. The Bertz CT molecular complexity index is 664. The van der Waals surface area contributed by atoms with Crippen LogP contribution in [0.2, 0.25) is 0 Å². The molecule has 0 radical (unpaired) electrons. The van der Waals surface area contributed by atoms with Gasteiger partial charge in [0.15, 0.2) is 0 Å². The zero-order chi connectivity index (χ0) is 17.1. The van der Waals surface area contributed by atoms with Crippen molar-refractivity contribution in [2.24, 2.45) is 0 Å². The van der Waals surface area contributed by atoms with Crippen molar-refractivity contribution in [1.82, 2.24) is 15.0 Å². The fourth-order valence-corrected chi connectivity index (χ4v) is 3.02. The summed E-state index contributed by atoms with van der Waals surface area (Å²) < 4.78 is 32.5. The molecule has 2 aromatic rings. The molecule has 5 nitrogen and oxygen atoms in total. The van der Waals surface area contributed by atoms with Crippen molar-refractivity contribution < 1.29 is 18.4 Å². The average Bonchev–Trinajstić information content (AvgIpc) is 2.94. The lowest BCUT2D eigenvalue weighted by molar-refractivity contribution is 0.0661. The van der Waals surface area contributed by atoms with E-state index in [4.69, 9.17) is 4.52 Å². The van der Waals surface area contributed by atoms with Gasteiger partial charge in [-0.05, 0) is 19.1 Å². The van der Waals surface area contributed by atoms with Crippen LogP contribution in [0.3, 0.4) is 0 Å². The molecule has 1 saturated heterocycles. The number of aliphatic hydroxyl groups is 1. The van der Waals surface area contributed by atoms with Gasteiger partial charge in [-0.15, -0.1) is 0 Å². The molecule has 0 bridgehead atoms. The first-order chi connectivity index (χ1) is 11.5. The Morgan fingerprint density at radius 3 is 2.38 bits per heavy atom. The van der Waals surface area contributed by atoms with Crippen LogP contribution in [0.4, 0.5) is 8.78 Å². The van der Waals surface area contributed by atoms with Crippen molar-refractivity contribution in [3.05, 3.63) is 52.9 Å². The van der Waals surface area contributed by atoms with Crippen LogP contribution in [0.5, 0.6) is 0 Å². The largest absolute Gasteiger partial charge is 0.387 e. The number of benzene rings is 1. The molecule has 24 heavy (non-hydrogen) atoms. The molecule has 0 spiro atoms. The highest BCUT2D eigenvalue weighted by Gasteiger charge is 2.23. The van der Waals surface area contributed by atoms with Crippen LogP contribution in [0.15, 0.2) is 28.8 Å². The molecule has 130 valence electrons. The van der Waals surface area contributed by atoms with Crippen molar-refractivity contribution >= 4 is 0 Å². The van der Waals surface area contributed by atoms with Crippen molar-refractivity contribution in [2.45, 2.75) is 19.6 Å². The van der Waals surface area contributed by atoms with Gasteiger partial charge in [-0.2, -0.15) is 0 Å². The zero-order valence-corrected chi connectivity index (χ0v) is 13.6. The van der Waals surface area contributed by atoms with E-state index in [-0.39, 0.29) is 12.1 Å². The predicted molar refractivity (Wildman–Crippen MR) is 84.3 cm³/mol. The van der Waals surface area contributed by atoms with Crippen molar-refractivity contribution in [2.75, 3.05) is 32.7 Å². The summed E-state index contributed by atoms with van der Waals surface area (Å²) >= 11 is 0. The topological polar surface area (TPSA) is 52.7 Å². The second-order valence-electron chi connectivity index (χ2n) is 6.16. The number of aliphatic hydroxyl groups excluding tert-OH is 1. The van der Waals surface area contributed by atoms with Crippen molar-refractivity contribution in [3.8, 4) is 0 Å². The highest BCUT2D eigenvalue weighted by Crippen LogP contribution is 2.22. The van der Waals surface area contributed by atoms with Crippen LogP contribution in [-0.2, 0) is 6.54 Å². The van der Waals surface area contributed by atoms with Gasteiger partial charge in [-0.3, -0.25) is 9.80 Å². The lowest BCUT2D eigenvalue weighted by Gasteiger charge is -2.35. The number of β-amino-alcohol motifs (C(OH)–C–C–N with tert-alkyl or cyclic N) is 1. The molecule has 1 fully saturated rings. The summed E-state index contributed by atoms with van der Waals surface area (Å²) in [5, 5.41) is 14.2. The minimum Gasteiger partial charge on any atom is -0.387 e. The first-order valence-electron chi connectivity index (χ1n) is 8.02. The van der Waals surface area contributed by atoms with Crippen LogP contribution >= 0.6 is 0 Å². The van der Waals surface area contributed by atoms with Gasteiger partial charge >= 0.3 is 0 Å². The SMILES string of the molecule is Cc1cc(CN2CCN(CC(O)c3c(F)cccc3F)CC2)no1. The van der Waals surface area contributed by atoms with Gasteiger partial charge in [0.1, 0.15) is 17.4 Å². The van der Waals surface area contributed by atoms with Gasteiger partial charge in [0, 0.05) is 45.3 Å².